The summed E-state index contributed by atoms with van der Waals surface area (Å²) in [6.45, 7) is 2.96. The predicted molar refractivity (Wildman–Crippen MR) is 67.8 cm³/mol. The van der Waals surface area contributed by atoms with Gasteiger partial charge in [-0.25, -0.2) is 0 Å². The summed E-state index contributed by atoms with van der Waals surface area (Å²) in [7, 11) is 0. The monoisotopic (exact) mass is 271 g/mol. The number of hydrogen-bond donors (Lipinski definition) is 3. The zero-order valence-electron chi connectivity index (χ0n) is 10.0. The molecule has 0 fully saturated rings. The SMILES string of the molecule is CCC(C)(C(=O)O)C(=O)Nc1ccc(O)cc1Cl. The molecule has 0 saturated heterocycles. The number of aromatic hydroxyl groups is 1. The second-order valence-electron chi connectivity index (χ2n) is 4.11. The number of aliphatic carboxylic acids is 1. The zero-order valence-corrected chi connectivity index (χ0v) is 10.8. The summed E-state index contributed by atoms with van der Waals surface area (Å²) in [6, 6.07) is 4.03. The molecule has 0 bridgehead atoms. The van der Waals surface area contributed by atoms with Crippen molar-refractivity contribution in [2.24, 2.45) is 5.41 Å². The molecule has 1 aromatic rings. The van der Waals surface area contributed by atoms with Crippen molar-refractivity contribution < 1.29 is 19.8 Å². The van der Waals surface area contributed by atoms with E-state index < -0.39 is 17.3 Å². The van der Waals surface area contributed by atoms with Gasteiger partial charge < -0.3 is 15.5 Å². The van der Waals surface area contributed by atoms with Gasteiger partial charge in [0.25, 0.3) is 0 Å². The quantitative estimate of drug-likeness (QED) is 0.580. The van der Waals surface area contributed by atoms with Crippen LogP contribution in [0, 0.1) is 5.41 Å². The van der Waals surface area contributed by atoms with Crippen molar-refractivity contribution in [3.05, 3.63) is 23.2 Å². The third-order valence-electron chi connectivity index (χ3n) is 2.88. The van der Waals surface area contributed by atoms with E-state index in [4.69, 9.17) is 16.7 Å². The van der Waals surface area contributed by atoms with Crippen LogP contribution in [0.4, 0.5) is 5.69 Å². The molecule has 3 N–H and O–H groups in total. The second-order valence-corrected chi connectivity index (χ2v) is 4.52. The summed E-state index contributed by atoms with van der Waals surface area (Å²) in [5, 5.41) is 20.8. The van der Waals surface area contributed by atoms with Crippen molar-refractivity contribution in [1.29, 1.82) is 0 Å². The molecule has 0 spiro atoms. The maximum Gasteiger partial charge on any atom is 0.318 e. The highest BCUT2D eigenvalue weighted by molar-refractivity contribution is 6.34. The minimum atomic E-state index is -1.51. The molecule has 5 nitrogen and oxygen atoms in total. The van der Waals surface area contributed by atoms with Gasteiger partial charge in [0.15, 0.2) is 0 Å². The van der Waals surface area contributed by atoms with Crippen molar-refractivity contribution in [2.45, 2.75) is 20.3 Å². The highest BCUT2D eigenvalue weighted by Gasteiger charge is 2.39. The molecule has 18 heavy (non-hydrogen) atoms. The molecule has 6 heteroatoms. The number of nitrogens with one attached hydrogen (secondary N) is 1. The lowest BCUT2D eigenvalue weighted by Gasteiger charge is -2.22. The van der Waals surface area contributed by atoms with Crippen LogP contribution in [-0.4, -0.2) is 22.1 Å². The highest BCUT2D eigenvalue weighted by atomic mass is 35.5. The van der Waals surface area contributed by atoms with Gasteiger partial charge in [-0.3, -0.25) is 9.59 Å². The fourth-order valence-electron chi connectivity index (χ4n) is 1.27. The van der Waals surface area contributed by atoms with Gasteiger partial charge in [-0.05, 0) is 25.5 Å². The van der Waals surface area contributed by atoms with E-state index in [0.29, 0.717) is 0 Å². The van der Waals surface area contributed by atoms with Crippen molar-refractivity contribution in [3.8, 4) is 5.75 Å². The summed E-state index contributed by atoms with van der Waals surface area (Å²) < 4.78 is 0. The van der Waals surface area contributed by atoms with Crippen LogP contribution < -0.4 is 5.32 Å². The maximum atomic E-state index is 11.9. The van der Waals surface area contributed by atoms with Gasteiger partial charge in [-0.2, -0.15) is 0 Å². The molecule has 1 unspecified atom stereocenters. The van der Waals surface area contributed by atoms with Crippen molar-refractivity contribution in [2.75, 3.05) is 5.32 Å². The highest BCUT2D eigenvalue weighted by Crippen LogP contribution is 2.29. The van der Waals surface area contributed by atoms with Gasteiger partial charge in [0.2, 0.25) is 5.91 Å². The van der Waals surface area contributed by atoms with Crippen LogP contribution in [0.5, 0.6) is 5.75 Å². The van der Waals surface area contributed by atoms with Crippen LogP contribution >= 0.6 is 11.6 Å². The van der Waals surface area contributed by atoms with Crippen molar-refractivity contribution in [1.82, 2.24) is 0 Å². The molecule has 0 saturated carbocycles. The van der Waals surface area contributed by atoms with E-state index in [-0.39, 0.29) is 22.9 Å². The Morgan fingerprint density at radius 2 is 2.06 bits per heavy atom. The Morgan fingerprint density at radius 3 is 2.50 bits per heavy atom. The third-order valence-corrected chi connectivity index (χ3v) is 3.19. The molecular weight excluding hydrogens is 258 g/mol. The van der Waals surface area contributed by atoms with E-state index >= 15 is 0 Å². The number of carbonyl (C=O) groups excluding carboxylic acids is 1. The fourth-order valence-corrected chi connectivity index (χ4v) is 1.50. The smallest absolute Gasteiger partial charge is 0.318 e. The zero-order chi connectivity index (χ0) is 13.9. The molecule has 0 aliphatic heterocycles. The van der Waals surface area contributed by atoms with Crippen LogP contribution in [0.1, 0.15) is 20.3 Å². The van der Waals surface area contributed by atoms with E-state index in [1.54, 1.807) is 6.92 Å². The molecule has 0 aromatic heterocycles. The molecule has 1 rings (SSSR count). The Labute approximate surface area is 109 Å². The first kappa shape index (κ1) is 14.3. The molecule has 0 aliphatic rings. The Balaban J connectivity index is 2.97. The van der Waals surface area contributed by atoms with E-state index in [1.165, 1.54) is 25.1 Å². The lowest BCUT2D eigenvalue weighted by atomic mass is 9.86. The molecule has 1 amide bonds. The van der Waals surface area contributed by atoms with Gasteiger partial charge in [-0.15, -0.1) is 0 Å². The number of benzene rings is 1. The normalized spacial score (nSPS) is 13.7. The lowest BCUT2D eigenvalue weighted by Crippen LogP contribution is -2.40. The molecule has 0 heterocycles. The Bertz CT molecular complexity index is 489. The van der Waals surface area contributed by atoms with Gasteiger partial charge >= 0.3 is 5.97 Å². The molecule has 0 radical (unpaired) electrons. The molecule has 1 aromatic carbocycles. The van der Waals surface area contributed by atoms with Crippen molar-refractivity contribution in [3.63, 3.8) is 0 Å². The van der Waals surface area contributed by atoms with Gasteiger partial charge in [0.05, 0.1) is 10.7 Å². The van der Waals surface area contributed by atoms with E-state index in [1.807, 2.05) is 0 Å². The average molecular weight is 272 g/mol. The van der Waals surface area contributed by atoms with E-state index in [2.05, 4.69) is 5.32 Å². The van der Waals surface area contributed by atoms with Crippen LogP contribution in [0.3, 0.4) is 0 Å². The van der Waals surface area contributed by atoms with Crippen molar-refractivity contribution >= 4 is 29.2 Å². The summed E-state index contributed by atoms with van der Waals surface area (Å²) in [6.07, 6.45) is 0.157. The van der Waals surface area contributed by atoms with Gasteiger partial charge in [-0.1, -0.05) is 18.5 Å². The fraction of sp³-hybridized carbons (Fsp3) is 0.333. The number of phenolic OH excluding ortho intramolecular Hbond substituents is 1. The second kappa shape index (κ2) is 5.27. The molecular formula is C12H14ClNO4. The summed E-state index contributed by atoms with van der Waals surface area (Å²) >= 11 is 5.82. The molecule has 1 atom stereocenters. The maximum absolute atomic E-state index is 11.9. The van der Waals surface area contributed by atoms with E-state index in [9.17, 15) is 14.7 Å². The number of amides is 1. The summed E-state index contributed by atoms with van der Waals surface area (Å²) in [5.74, 6) is -1.88. The number of phenols is 1. The number of hydrogen-bond acceptors (Lipinski definition) is 3. The topological polar surface area (TPSA) is 86.6 Å². The Kier molecular flexibility index (Phi) is 4.19. The minimum absolute atomic E-state index is 0.0329. The predicted octanol–water partition coefficient (Wildman–Crippen LogP) is 2.48. The number of carboxylic acids is 1. The average Bonchev–Trinajstić information content (AvgIpc) is 2.31. The van der Waals surface area contributed by atoms with Gasteiger partial charge in [0.1, 0.15) is 11.2 Å². The van der Waals surface area contributed by atoms with E-state index in [0.717, 1.165) is 0 Å². The first-order valence-electron chi connectivity index (χ1n) is 5.34. The first-order chi connectivity index (χ1) is 8.31. The summed E-state index contributed by atoms with van der Waals surface area (Å²) in [4.78, 5) is 23.0. The third kappa shape index (κ3) is 2.73. The molecule has 98 valence electrons. The minimum Gasteiger partial charge on any atom is -0.508 e. The van der Waals surface area contributed by atoms with Gasteiger partial charge in [0, 0.05) is 6.07 Å². The number of rotatable bonds is 4. The molecule has 0 aliphatic carbocycles. The number of carbonyl (C=O) groups is 2. The standard InChI is InChI=1S/C12H14ClNO4/c1-3-12(2,11(17)18)10(16)14-9-5-4-7(15)6-8(9)13/h4-6,15H,3H2,1-2H3,(H,14,16)(H,17,18). The Morgan fingerprint density at radius 1 is 1.44 bits per heavy atom. The van der Waals surface area contributed by atoms with Crippen LogP contribution in [-0.2, 0) is 9.59 Å². The number of halogens is 1. The van der Waals surface area contributed by atoms with Crippen LogP contribution in [0.25, 0.3) is 0 Å². The largest absolute Gasteiger partial charge is 0.508 e. The van der Waals surface area contributed by atoms with Crippen LogP contribution in [0.2, 0.25) is 5.02 Å². The Hall–Kier alpha value is -1.75. The number of carboxylic acid groups (broad SMARTS) is 1. The number of anilines is 1. The summed E-state index contributed by atoms with van der Waals surface area (Å²) in [5.41, 5.74) is -1.25. The first-order valence-corrected chi connectivity index (χ1v) is 5.72. The van der Waals surface area contributed by atoms with Crippen LogP contribution in [0.15, 0.2) is 18.2 Å². The lowest BCUT2D eigenvalue weighted by molar-refractivity contribution is -0.152.